The zero-order chi connectivity index (χ0) is 20.5. The van der Waals surface area contributed by atoms with Crippen molar-refractivity contribution in [2.24, 2.45) is 0 Å². The summed E-state index contributed by atoms with van der Waals surface area (Å²) in [6.07, 6.45) is 6.46. The molecule has 148 valence electrons. The van der Waals surface area contributed by atoms with E-state index in [4.69, 9.17) is 4.74 Å². The van der Waals surface area contributed by atoms with Crippen LogP contribution in [0.2, 0.25) is 0 Å². The Morgan fingerprint density at radius 1 is 1.07 bits per heavy atom. The molecule has 0 aliphatic heterocycles. The van der Waals surface area contributed by atoms with Gasteiger partial charge in [0.2, 0.25) is 0 Å². The Hall–Kier alpha value is -3.87. The average molecular weight is 390 g/mol. The van der Waals surface area contributed by atoms with Crippen LogP contribution >= 0.6 is 0 Å². The van der Waals surface area contributed by atoms with Crippen LogP contribution in [-0.2, 0) is 16.1 Å². The normalized spacial score (nSPS) is 10.7. The molecule has 0 fully saturated rings. The van der Waals surface area contributed by atoms with Gasteiger partial charge in [0.05, 0.1) is 12.7 Å². The molecule has 3 rings (SSSR count). The fourth-order valence-corrected chi connectivity index (χ4v) is 2.57. The van der Waals surface area contributed by atoms with Crippen molar-refractivity contribution < 1.29 is 14.3 Å². The predicted molar refractivity (Wildman–Crippen MR) is 110 cm³/mol. The van der Waals surface area contributed by atoms with Crippen LogP contribution in [0, 0.1) is 6.92 Å². The van der Waals surface area contributed by atoms with E-state index in [1.54, 1.807) is 23.0 Å². The summed E-state index contributed by atoms with van der Waals surface area (Å²) in [6, 6.07) is 17.4. The standard InChI is InChI=1S/C22H22N4O3/c1-17-7-5-6-10-20(17)29-16-22(28)25-24-21(27)12-11-19-13-23-26(15-19)14-18-8-3-2-4-9-18/h2-13,15H,14,16H2,1H3,(H,24,27)(H,25,28)/b12-11+. The van der Waals surface area contributed by atoms with Crippen LogP contribution < -0.4 is 15.6 Å². The molecule has 7 nitrogen and oxygen atoms in total. The monoisotopic (exact) mass is 390 g/mol. The SMILES string of the molecule is Cc1ccccc1OCC(=O)NNC(=O)/C=C/c1cnn(Cc2ccccc2)c1. The fraction of sp³-hybridized carbons (Fsp3) is 0.136. The van der Waals surface area contributed by atoms with Gasteiger partial charge in [0, 0.05) is 17.8 Å². The van der Waals surface area contributed by atoms with Crippen LogP contribution in [0.5, 0.6) is 5.75 Å². The molecule has 7 heteroatoms. The fourth-order valence-electron chi connectivity index (χ4n) is 2.57. The van der Waals surface area contributed by atoms with Gasteiger partial charge in [-0.05, 0) is 30.2 Å². The number of aromatic nitrogens is 2. The summed E-state index contributed by atoms with van der Waals surface area (Å²) in [5.74, 6) is -0.280. The highest BCUT2D eigenvalue weighted by atomic mass is 16.5. The van der Waals surface area contributed by atoms with Gasteiger partial charge in [0.25, 0.3) is 11.8 Å². The summed E-state index contributed by atoms with van der Waals surface area (Å²) in [5, 5.41) is 4.27. The third-order valence-corrected chi connectivity index (χ3v) is 4.05. The van der Waals surface area contributed by atoms with Crippen molar-refractivity contribution in [1.29, 1.82) is 0 Å². The third-order valence-electron chi connectivity index (χ3n) is 4.05. The molecular weight excluding hydrogens is 368 g/mol. The Morgan fingerprint density at radius 2 is 1.83 bits per heavy atom. The molecule has 0 spiro atoms. The van der Waals surface area contributed by atoms with Crippen molar-refractivity contribution in [1.82, 2.24) is 20.6 Å². The van der Waals surface area contributed by atoms with E-state index in [-0.39, 0.29) is 6.61 Å². The molecule has 2 N–H and O–H groups in total. The molecule has 0 bridgehead atoms. The number of ether oxygens (including phenoxy) is 1. The minimum Gasteiger partial charge on any atom is -0.483 e. The van der Waals surface area contributed by atoms with Gasteiger partial charge in [-0.1, -0.05) is 48.5 Å². The highest BCUT2D eigenvalue weighted by Gasteiger charge is 2.05. The summed E-state index contributed by atoms with van der Waals surface area (Å²) in [5.41, 5.74) is 7.48. The topological polar surface area (TPSA) is 85.2 Å². The van der Waals surface area contributed by atoms with Crippen molar-refractivity contribution in [3.8, 4) is 5.75 Å². The van der Waals surface area contributed by atoms with Crippen molar-refractivity contribution in [3.05, 3.63) is 89.8 Å². The van der Waals surface area contributed by atoms with Crippen molar-refractivity contribution in [3.63, 3.8) is 0 Å². The number of nitrogens with zero attached hydrogens (tertiary/aromatic N) is 2. The van der Waals surface area contributed by atoms with Crippen molar-refractivity contribution >= 4 is 17.9 Å². The number of carbonyl (C=O) groups excluding carboxylic acids is 2. The number of benzene rings is 2. The number of aryl methyl sites for hydroxylation is 1. The second-order valence-corrected chi connectivity index (χ2v) is 6.38. The Labute approximate surface area is 169 Å². The maximum atomic E-state index is 11.9. The first-order chi connectivity index (χ1) is 14.1. The molecule has 2 aromatic carbocycles. The van der Waals surface area contributed by atoms with E-state index in [0.29, 0.717) is 12.3 Å². The highest BCUT2D eigenvalue weighted by Crippen LogP contribution is 2.15. The van der Waals surface area contributed by atoms with Gasteiger partial charge in [0.15, 0.2) is 6.61 Å². The lowest BCUT2D eigenvalue weighted by Gasteiger charge is -2.09. The molecule has 0 atom stereocenters. The number of rotatable bonds is 7. The smallest absolute Gasteiger partial charge is 0.276 e. The molecule has 3 aromatic rings. The summed E-state index contributed by atoms with van der Waals surface area (Å²) >= 11 is 0. The van der Waals surface area contributed by atoms with Gasteiger partial charge < -0.3 is 4.74 Å². The molecule has 0 saturated heterocycles. The number of amides is 2. The first-order valence-corrected chi connectivity index (χ1v) is 9.12. The summed E-state index contributed by atoms with van der Waals surface area (Å²) in [6.45, 7) is 2.35. The van der Waals surface area contributed by atoms with Crippen LogP contribution in [0.4, 0.5) is 0 Å². The lowest BCUT2D eigenvalue weighted by Crippen LogP contribution is -2.43. The number of para-hydroxylation sites is 1. The third kappa shape index (κ3) is 6.35. The van der Waals surface area contributed by atoms with E-state index in [1.165, 1.54) is 6.08 Å². The quantitative estimate of drug-likeness (QED) is 0.479. The minimum atomic E-state index is -0.454. The Balaban J connectivity index is 1.41. The maximum Gasteiger partial charge on any atom is 0.276 e. The zero-order valence-corrected chi connectivity index (χ0v) is 16.0. The van der Waals surface area contributed by atoms with E-state index in [9.17, 15) is 9.59 Å². The van der Waals surface area contributed by atoms with Gasteiger partial charge in [-0.3, -0.25) is 25.1 Å². The molecule has 0 radical (unpaired) electrons. The molecule has 2 amide bonds. The lowest BCUT2D eigenvalue weighted by molar-refractivity contribution is -0.128. The molecule has 1 heterocycles. The Kier molecular flexibility index (Phi) is 6.78. The lowest BCUT2D eigenvalue weighted by atomic mass is 10.2. The van der Waals surface area contributed by atoms with Crippen LogP contribution in [0.3, 0.4) is 0 Å². The van der Waals surface area contributed by atoms with Crippen LogP contribution in [0.25, 0.3) is 6.08 Å². The van der Waals surface area contributed by atoms with Gasteiger partial charge >= 0.3 is 0 Å². The number of carbonyl (C=O) groups is 2. The summed E-state index contributed by atoms with van der Waals surface area (Å²) in [4.78, 5) is 23.7. The van der Waals surface area contributed by atoms with E-state index in [0.717, 1.165) is 16.7 Å². The van der Waals surface area contributed by atoms with Crippen LogP contribution in [-0.4, -0.2) is 28.2 Å². The van der Waals surface area contributed by atoms with Gasteiger partial charge in [-0.15, -0.1) is 0 Å². The largest absolute Gasteiger partial charge is 0.483 e. The number of nitrogens with one attached hydrogen (secondary N) is 2. The number of hydrazine groups is 1. The predicted octanol–water partition coefficient (Wildman–Crippen LogP) is 2.48. The molecule has 0 saturated carbocycles. The average Bonchev–Trinajstić information content (AvgIpc) is 3.18. The zero-order valence-electron chi connectivity index (χ0n) is 16.0. The van der Waals surface area contributed by atoms with Gasteiger partial charge in [-0.2, -0.15) is 5.10 Å². The van der Waals surface area contributed by atoms with Crippen molar-refractivity contribution in [2.75, 3.05) is 6.61 Å². The first kappa shape index (κ1) is 19.9. The molecule has 0 aliphatic carbocycles. The molecule has 29 heavy (non-hydrogen) atoms. The summed E-state index contributed by atoms with van der Waals surface area (Å²) in [7, 11) is 0. The van der Waals surface area contributed by atoms with E-state index < -0.39 is 11.8 Å². The Bertz CT molecular complexity index is 996. The molecule has 0 unspecified atom stereocenters. The van der Waals surface area contributed by atoms with Gasteiger partial charge in [0.1, 0.15) is 5.75 Å². The molecular formula is C22H22N4O3. The number of hydrogen-bond acceptors (Lipinski definition) is 4. The van der Waals surface area contributed by atoms with Crippen molar-refractivity contribution in [2.45, 2.75) is 13.5 Å². The number of hydrogen-bond donors (Lipinski definition) is 2. The van der Waals surface area contributed by atoms with Crippen LogP contribution in [0.1, 0.15) is 16.7 Å². The highest BCUT2D eigenvalue weighted by molar-refractivity contribution is 5.93. The van der Waals surface area contributed by atoms with Gasteiger partial charge in [-0.25, -0.2) is 0 Å². The van der Waals surface area contributed by atoms with E-state index in [2.05, 4.69) is 16.0 Å². The van der Waals surface area contributed by atoms with Crippen LogP contribution in [0.15, 0.2) is 73.1 Å². The summed E-state index contributed by atoms with van der Waals surface area (Å²) < 4.78 is 7.21. The van der Waals surface area contributed by atoms with E-state index in [1.807, 2.05) is 61.7 Å². The first-order valence-electron chi connectivity index (χ1n) is 9.12. The maximum absolute atomic E-state index is 11.9. The second kappa shape index (κ2) is 9.89. The molecule has 0 aliphatic rings. The second-order valence-electron chi connectivity index (χ2n) is 6.38. The Morgan fingerprint density at radius 3 is 2.62 bits per heavy atom. The molecule has 1 aromatic heterocycles. The van der Waals surface area contributed by atoms with E-state index >= 15 is 0 Å². The minimum absolute atomic E-state index is 0.193.